The fourth-order valence-corrected chi connectivity index (χ4v) is 3.15. The molecule has 0 amide bonds. The Morgan fingerprint density at radius 3 is 2.85 bits per heavy atom. The minimum Gasteiger partial charge on any atom is -0.496 e. The van der Waals surface area contributed by atoms with Gasteiger partial charge in [-0.2, -0.15) is 0 Å². The highest BCUT2D eigenvalue weighted by molar-refractivity contribution is 9.09. The van der Waals surface area contributed by atoms with Crippen molar-refractivity contribution in [2.24, 2.45) is 0 Å². The van der Waals surface area contributed by atoms with E-state index < -0.39 is 0 Å². The van der Waals surface area contributed by atoms with Crippen molar-refractivity contribution in [1.29, 1.82) is 0 Å². The molecule has 2 heterocycles. The van der Waals surface area contributed by atoms with Gasteiger partial charge in [0.1, 0.15) is 5.75 Å². The van der Waals surface area contributed by atoms with E-state index in [9.17, 15) is 0 Å². The molecule has 0 spiro atoms. The third kappa shape index (κ3) is 3.51. The van der Waals surface area contributed by atoms with E-state index in [1.807, 2.05) is 13.1 Å². The number of morpholine rings is 1. The zero-order chi connectivity index (χ0) is 14.7. The van der Waals surface area contributed by atoms with Gasteiger partial charge in [0.2, 0.25) is 0 Å². The van der Waals surface area contributed by atoms with E-state index >= 15 is 0 Å². The summed E-state index contributed by atoms with van der Waals surface area (Å²) in [7, 11) is 1.72. The quantitative estimate of drug-likeness (QED) is 0.788. The number of hydrogen-bond donors (Lipinski definition) is 0. The normalized spacial score (nSPS) is 23.9. The average molecular weight is 343 g/mol. The largest absolute Gasteiger partial charge is 0.496 e. The lowest BCUT2D eigenvalue weighted by molar-refractivity contribution is -0.0681. The maximum Gasteiger partial charge on any atom is 0.128 e. The maximum atomic E-state index is 5.86. The standard InChI is InChI=1S/C15H23BrN2O2/c1-10-6-17-14(12(3)15(10)19-4)9-18-7-11(2)20-13(5-16)8-18/h6,11,13H,5,7-9H2,1-4H3. The Balaban J connectivity index is 2.13. The van der Waals surface area contributed by atoms with Gasteiger partial charge in [0, 0.05) is 42.3 Å². The average Bonchev–Trinajstić information content (AvgIpc) is 2.42. The highest BCUT2D eigenvalue weighted by Gasteiger charge is 2.25. The molecule has 112 valence electrons. The van der Waals surface area contributed by atoms with Crippen LogP contribution in [0.2, 0.25) is 0 Å². The molecule has 1 aliphatic rings. The molecule has 2 rings (SSSR count). The van der Waals surface area contributed by atoms with Crippen molar-refractivity contribution < 1.29 is 9.47 Å². The smallest absolute Gasteiger partial charge is 0.128 e. The summed E-state index contributed by atoms with van der Waals surface area (Å²) in [4.78, 5) is 6.99. The van der Waals surface area contributed by atoms with Crippen molar-refractivity contribution in [1.82, 2.24) is 9.88 Å². The first-order valence-corrected chi connectivity index (χ1v) is 8.10. The fourth-order valence-electron chi connectivity index (χ4n) is 2.80. The van der Waals surface area contributed by atoms with Crippen LogP contribution >= 0.6 is 15.9 Å². The van der Waals surface area contributed by atoms with Crippen LogP contribution in [0.25, 0.3) is 0 Å². The first-order valence-electron chi connectivity index (χ1n) is 6.98. The Morgan fingerprint density at radius 2 is 2.20 bits per heavy atom. The molecule has 1 aliphatic heterocycles. The molecule has 0 saturated carbocycles. The summed E-state index contributed by atoms with van der Waals surface area (Å²) >= 11 is 3.51. The molecular formula is C15H23BrN2O2. The van der Waals surface area contributed by atoms with Crippen molar-refractivity contribution in [2.75, 3.05) is 25.5 Å². The van der Waals surface area contributed by atoms with Crippen LogP contribution < -0.4 is 4.74 Å². The summed E-state index contributed by atoms with van der Waals surface area (Å²) in [6.45, 7) is 8.96. The van der Waals surface area contributed by atoms with E-state index in [0.717, 1.165) is 47.5 Å². The number of hydrogen-bond acceptors (Lipinski definition) is 4. The number of halogens is 1. The lowest BCUT2D eigenvalue weighted by Crippen LogP contribution is -2.46. The van der Waals surface area contributed by atoms with Crippen LogP contribution in [0, 0.1) is 13.8 Å². The monoisotopic (exact) mass is 342 g/mol. The maximum absolute atomic E-state index is 5.86. The lowest BCUT2D eigenvalue weighted by atomic mass is 10.1. The number of aromatic nitrogens is 1. The van der Waals surface area contributed by atoms with Gasteiger partial charge in [-0.3, -0.25) is 9.88 Å². The number of alkyl halides is 1. The predicted molar refractivity (Wildman–Crippen MR) is 83.7 cm³/mol. The molecule has 1 aromatic heterocycles. The third-order valence-corrected chi connectivity index (χ3v) is 4.42. The highest BCUT2D eigenvalue weighted by Crippen LogP contribution is 2.25. The Bertz CT molecular complexity index is 467. The van der Waals surface area contributed by atoms with E-state index in [2.05, 4.69) is 39.7 Å². The van der Waals surface area contributed by atoms with Gasteiger partial charge >= 0.3 is 0 Å². The van der Waals surface area contributed by atoms with Crippen LogP contribution in [-0.4, -0.2) is 47.6 Å². The molecule has 0 aliphatic carbocycles. The second-order valence-electron chi connectivity index (χ2n) is 5.46. The van der Waals surface area contributed by atoms with Crippen LogP contribution in [0.15, 0.2) is 6.20 Å². The summed E-state index contributed by atoms with van der Waals surface area (Å²) in [6, 6.07) is 0. The minimum absolute atomic E-state index is 0.256. The van der Waals surface area contributed by atoms with Crippen LogP contribution in [0.4, 0.5) is 0 Å². The van der Waals surface area contributed by atoms with Crippen molar-refractivity contribution in [3.05, 3.63) is 23.0 Å². The molecule has 0 bridgehead atoms. The molecular weight excluding hydrogens is 320 g/mol. The second-order valence-corrected chi connectivity index (χ2v) is 6.11. The van der Waals surface area contributed by atoms with Crippen molar-refractivity contribution >= 4 is 15.9 Å². The van der Waals surface area contributed by atoms with Crippen molar-refractivity contribution in [3.8, 4) is 5.75 Å². The molecule has 0 aromatic carbocycles. The van der Waals surface area contributed by atoms with Crippen molar-refractivity contribution in [2.45, 2.75) is 39.5 Å². The molecule has 1 aromatic rings. The summed E-state index contributed by atoms with van der Waals surface area (Å²) in [5.74, 6) is 0.952. The summed E-state index contributed by atoms with van der Waals surface area (Å²) < 4.78 is 11.3. The molecule has 1 saturated heterocycles. The SMILES string of the molecule is COc1c(C)cnc(CN2CC(C)OC(CBr)C2)c1C. The number of aryl methyl sites for hydroxylation is 1. The van der Waals surface area contributed by atoms with Gasteiger partial charge in [-0.25, -0.2) is 0 Å². The van der Waals surface area contributed by atoms with Gasteiger partial charge in [0.15, 0.2) is 0 Å². The summed E-state index contributed by atoms with van der Waals surface area (Å²) in [5.41, 5.74) is 3.32. The van der Waals surface area contributed by atoms with Gasteiger partial charge in [0.05, 0.1) is 25.0 Å². The summed E-state index contributed by atoms with van der Waals surface area (Å²) in [5, 5.41) is 0.872. The Hall–Kier alpha value is -0.650. The minimum atomic E-state index is 0.256. The van der Waals surface area contributed by atoms with Gasteiger partial charge in [-0.15, -0.1) is 0 Å². The number of ether oxygens (including phenoxy) is 2. The lowest BCUT2D eigenvalue weighted by Gasteiger charge is -2.36. The first-order chi connectivity index (χ1) is 9.55. The van der Waals surface area contributed by atoms with Crippen molar-refractivity contribution in [3.63, 3.8) is 0 Å². The summed E-state index contributed by atoms with van der Waals surface area (Å²) in [6.07, 6.45) is 2.41. The Kier molecular flexibility index (Phi) is 5.41. The fraction of sp³-hybridized carbons (Fsp3) is 0.667. The van der Waals surface area contributed by atoms with Crippen LogP contribution in [0.1, 0.15) is 23.7 Å². The topological polar surface area (TPSA) is 34.6 Å². The van der Waals surface area contributed by atoms with E-state index in [-0.39, 0.29) is 12.2 Å². The van der Waals surface area contributed by atoms with E-state index in [1.165, 1.54) is 0 Å². The number of pyridine rings is 1. The highest BCUT2D eigenvalue weighted by atomic mass is 79.9. The molecule has 5 heteroatoms. The second kappa shape index (κ2) is 6.87. The molecule has 4 nitrogen and oxygen atoms in total. The van der Waals surface area contributed by atoms with Crippen LogP contribution in [0.3, 0.4) is 0 Å². The van der Waals surface area contributed by atoms with Gasteiger partial charge < -0.3 is 9.47 Å². The van der Waals surface area contributed by atoms with Crippen LogP contribution in [0.5, 0.6) is 5.75 Å². The Labute approximate surface area is 129 Å². The first kappa shape index (κ1) is 15.7. The predicted octanol–water partition coefficient (Wildman–Crippen LogP) is 2.69. The molecule has 1 fully saturated rings. The molecule has 20 heavy (non-hydrogen) atoms. The van der Waals surface area contributed by atoms with Gasteiger partial charge in [0.25, 0.3) is 0 Å². The van der Waals surface area contributed by atoms with Gasteiger partial charge in [-0.05, 0) is 20.8 Å². The van der Waals surface area contributed by atoms with E-state index in [1.54, 1.807) is 7.11 Å². The third-order valence-electron chi connectivity index (χ3n) is 3.70. The molecule has 2 unspecified atom stereocenters. The molecule has 0 N–H and O–H groups in total. The Morgan fingerprint density at radius 1 is 1.45 bits per heavy atom. The number of methoxy groups -OCH3 is 1. The zero-order valence-electron chi connectivity index (χ0n) is 12.6. The van der Waals surface area contributed by atoms with Crippen LogP contribution in [-0.2, 0) is 11.3 Å². The zero-order valence-corrected chi connectivity index (χ0v) is 14.2. The molecule has 2 atom stereocenters. The molecule has 0 radical (unpaired) electrons. The van der Waals surface area contributed by atoms with E-state index in [4.69, 9.17) is 9.47 Å². The van der Waals surface area contributed by atoms with E-state index in [0.29, 0.717) is 0 Å². The number of rotatable bonds is 4. The van der Waals surface area contributed by atoms with Gasteiger partial charge in [-0.1, -0.05) is 15.9 Å². The number of nitrogens with zero attached hydrogens (tertiary/aromatic N) is 2.